The molecule has 0 aliphatic carbocycles. The molecule has 0 spiro atoms. The van der Waals surface area contributed by atoms with Gasteiger partial charge in [0.05, 0.1) is 11.7 Å². The molecular formula is C22H28BN3O9. The molecule has 3 rings (SSSR count). The van der Waals surface area contributed by atoms with Crippen molar-refractivity contribution in [2.24, 2.45) is 0 Å². The molecule has 4 N–H and O–H groups in total. The maximum absolute atomic E-state index is 13.1. The van der Waals surface area contributed by atoms with Gasteiger partial charge in [-0.3, -0.25) is 19.3 Å². The molecule has 188 valence electrons. The lowest BCUT2D eigenvalue weighted by Crippen LogP contribution is -2.61. The number of imide groups is 1. The van der Waals surface area contributed by atoms with Gasteiger partial charge < -0.3 is 30.1 Å². The van der Waals surface area contributed by atoms with Gasteiger partial charge >= 0.3 is 30.9 Å². The number of hydrogen-bond acceptors (Lipinski definition) is 8. The van der Waals surface area contributed by atoms with E-state index in [1.165, 1.54) is 17.0 Å². The Morgan fingerprint density at radius 3 is 2.54 bits per heavy atom. The third-order valence-electron chi connectivity index (χ3n) is 6.28. The predicted octanol–water partition coefficient (Wildman–Crippen LogP) is -0.331. The number of carboxylic acid groups (broad SMARTS) is 1. The number of nitrogens with one attached hydrogen (secondary N) is 1. The fraction of sp³-hybridized carbons (Fsp3) is 0.500. The van der Waals surface area contributed by atoms with Crippen LogP contribution in [0.15, 0.2) is 18.2 Å². The van der Waals surface area contributed by atoms with Crippen molar-refractivity contribution in [1.29, 1.82) is 0 Å². The molecule has 2 aliphatic heterocycles. The Kier molecular flexibility index (Phi) is 8.12. The van der Waals surface area contributed by atoms with Crippen LogP contribution in [0, 0.1) is 0 Å². The van der Waals surface area contributed by atoms with Gasteiger partial charge in [0.1, 0.15) is 11.8 Å². The van der Waals surface area contributed by atoms with Gasteiger partial charge in [0.25, 0.3) is 0 Å². The van der Waals surface area contributed by atoms with Crippen LogP contribution in [0.5, 0.6) is 5.75 Å². The number of amides is 4. The third kappa shape index (κ3) is 5.46. The number of piperazine rings is 1. The molecule has 1 fully saturated rings. The number of aliphatic hydroxyl groups excluding tert-OH is 1. The van der Waals surface area contributed by atoms with E-state index in [9.17, 15) is 39.2 Å². The minimum absolute atomic E-state index is 0.0315. The van der Waals surface area contributed by atoms with Crippen LogP contribution < -0.4 is 9.97 Å². The second kappa shape index (κ2) is 10.9. The number of hydrogen-bond donors (Lipinski definition) is 4. The van der Waals surface area contributed by atoms with Gasteiger partial charge in [0.2, 0.25) is 0 Å². The van der Waals surface area contributed by atoms with Crippen LogP contribution in [0.4, 0.5) is 4.79 Å². The van der Waals surface area contributed by atoms with Crippen molar-refractivity contribution in [2.45, 2.75) is 51.1 Å². The summed E-state index contributed by atoms with van der Waals surface area (Å²) in [6, 6.07) is 2.14. The molecule has 1 aromatic rings. The van der Waals surface area contributed by atoms with Crippen LogP contribution >= 0.6 is 0 Å². The maximum atomic E-state index is 13.1. The number of likely N-dealkylation sites (N-methyl/N-ethyl adjacent to an activating group) is 1. The smallest absolute Gasteiger partial charge is 0.526 e. The number of rotatable bonds is 8. The summed E-state index contributed by atoms with van der Waals surface area (Å²) >= 11 is 0. The Bertz CT molecular complexity index is 1030. The first-order valence-electron chi connectivity index (χ1n) is 11.4. The highest BCUT2D eigenvalue weighted by molar-refractivity contribution is 6.47. The lowest BCUT2D eigenvalue weighted by atomic mass is 9.64. The average Bonchev–Trinajstić information content (AvgIpc) is 2.83. The zero-order chi connectivity index (χ0) is 25.9. The number of fused-ring (bicyclic) bond motifs is 1. The summed E-state index contributed by atoms with van der Waals surface area (Å²) in [5, 5.41) is 32.5. The first-order chi connectivity index (χ1) is 16.6. The summed E-state index contributed by atoms with van der Waals surface area (Å²) in [5.41, 5.74) is 0.391. The first-order valence-corrected chi connectivity index (χ1v) is 11.4. The second-order valence-electron chi connectivity index (χ2n) is 8.49. The quantitative estimate of drug-likeness (QED) is 0.282. The Balaban J connectivity index is 1.72. The minimum Gasteiger partial charge on any atom is -0.535 e. The average molecular weight is 489 g/mol. The van der Waals surface area contributed by atoms with Crippen molar-refractivity contribution in [1.82, 2.24) is 15.1 Å². The highest BCUT2D eigenvalue weighted by Crippen LogP contribution is 2.36. The SMILES string of the molecule is CCC(O)[C@H](NC(=O)N1CCN(CC)C(=O)C1=O)C(=O)C[C@H]1Cc2cccc(C(=O)O)c2OB1O. The van der Waals surface area contributed by atoms with Crippen molar-refractivity contribution in [3.8, 4) is 5.75 Å². The van der Waals surface area contributed by atoms with E-state index in [4.69, 9.17) is 4.65 Å². The van der Waals surface area contributed by atoms with Crippen molar-refractivity contribution in [3.63, 3.8) is 0 Å². The molecule has 13 heteroatoms. The van der Waals surface area contributed by atoms with Crippen LogP contribution in [0.25, 0.3) is 0 Å². The summed E-state index contributed by atoms with van der Waals surface area (Å²) in [4.78, 5) is 63.7. The Morgan fingerprint density at radius 2 is 1.91 bits per heavy atom. The number of aliphatic hydroxyl groups is 1. The number of urea groups is 1. The molecule has 1 aromatic carbocycles. The van der Waals surface area contributed by atoms with Crippen molar-refractivity contribution >= 4 is 36.7 Å². The lowest BCUT2D eigenvalue weighted by Gasteiger charge is -2.33. The van der Waals surface area contributed by atoms with Crippen LogP contribution in [0.2, 0.25) is 5.82 Å². The standard InChI is InChI=1S/C22H28BN3O9/c1-3-15(27)17(24-22(33)26-9-8-25(4-2)19(29)20(26)30)16(28)11-13-10-12-6-5-7-14(21(31)32)18(12)35-23(13)34/h5-7,13,15,17,27,34H,3-4,8-11H2,1-2H3,(H,24,33)(H,31,32)/t13-,15?,17+/m1/s1. The zero-order valence-corrected chi connectivity index (χ0v) is 19.5. The fourth-order valence-corrected chi connectivity index (χ4v) is 4.22. The van der Waals surface area contributed by atoms with Crippen LogP contribution in [-0.2, 0) is 20.8 Å². The first kappa shape index (κ1) is 26.2. The van der Waals surface area contributed by atoms with E-state index in [2.05, 4.69) is 5.32 Å². The van der Waals surface area contributed by atoms with Crippen LogP contribution in [0.3, 0.4) is 0 Å². The number of ketones is 1. The molecule has 3 atom stereocenters. The predicted molar refractivity (Wildman–Crippen MR) is 122 cm³/mol. The van der Waals surface area contributed by atoms with E-state index in [0.717, 1.165) is 0 Å². The highest BCUT2D eigenvalue weighted by Gasteiger charge is 2.41. The third-order valence-corrected chi connectivity index (χ3v) is 6.28. The van der Waals surface area contributed by atoms with Gasteiger partial charge in [-0.05, 0) is 31.4 Å². The molecule has 0 bridgehead atoms. The number of benzene rings is 1. The van der Waals surface area contributed by atoms with Crippen molar-refractivity contribution < 1.29 is 43.9 Å². The van der Waals surface area contributed by atoms with Gasteiger partial charge in [-0.1, -0.05) is 19.1 Å². The molecule has 2 heterocycles. The molecule has 0 aromatic heterocycles. The van der Waals surface area contributed by atoms with Gasteiger partial charge in [-0.15, -0.1) is 0 Å². The van der Waals surface area contributed by atoms with E-state index in [-0.39, 0.29) is 43.7 Å². The van der Waals surface area contributed by atoms with Gasteiger partial charge in [-0.25, -0.2) is 9.59 Å². The molecule has 1 saturated heterocycles. The molecule has 0 saturated carbocycles. The summed E-state index contributed by atoms with van der Waals surface area (Å²) in [5.74, 6) is -4.40. The van der Waals surface area contributed by atoms with Crippen LogP contribution in [0.1, 0.15) is 42.6 Å². The van der Waals surface area contributed by atoms with E-state index in [1.54, 1.807) is 19.9 Å². The topological polar surface area (TPSA) is 174 Å². The summed E-state index contributed by atoms with van der Waals surface area (Å²) in [6.45, 7) is 3.74. The number of nitrogens with zero attached hydrogens (tertiary/aromatic N) is 2. The summed E-state index contributed by atoms with van der Waals surface area (Å²) < 4.78 is 5.40. The second-order valence-corrected chi connectivity index (χ2v) is 8.49. The number of Topliss-reactive ketones (excluding diaryl/α,β-unsaturated/α-hetero) is 1. The maximum Gasteiger partial charge on any atom is 0.526 e. The summed E-state index contributed by atoms with van der Waals surface area (Å²) in [7, 11) is -1.48. The van der Waals surface area contributed by atoms with Gasteiger partial charge in [0, 0.05) is 31.9 Å². The lowest BCUT2D eigenvalue weighted by molar-refractivity contribution is -0.153. The molecule has 1 unspecified atom stereocenters. The van der Waals surface area contributed by atoms with E-state index in [0.29, 0.717) is 17.0 Å². The number of aromatic carboxylic acids is 1. The molecular weight excluding hydrogens is 461 g/mol. The normalized spacial score (nSPS) is 19.5. The molecule has 2 aliphatic rings. The molecule has 35 heavy (non-hydrogen) atoms. The van der Waals surface area contributed by atoms with E-state index in [1.807, 2.05) is 0 Å². The van der Waals surface area contributed by atoms with E-state index < -0.39 is 54.7 Å². The summed E-state index contributed by atoms with van der Waals surface area (Å²) in [6.07, 6.45) is -1.32. The fourth-order valence-electron chi connectivity index (χ4n) is 4.22. The van der Waals surface area contributed by atoms with Crippen LogP contribution in [-0.4, -0.2) is 93.5 Å². The Hall–Kier alpha value is -3.45. The largest absolute Gasteiger partial charge is 0.535 e. The Labute approximate surface area is 202 Å². The van der Waals surface area contributed by atoms with E-state index >= 15 is 0 Å². The van der Waals surface area contributed by atoms with Crippen molar-refractivity contribution in [2.75, 3.05) is 19.6 Å². The monoisotopic (exact) mass is 489 g/mol. The van der Waals surface area contributed by atoms with Crippen molar-refractivity contribution in [3.05, 3.63) is 29.3 Å². The number of carbonyl (C=O) groups is 5. The molecule has 0 radical (unpaired) electrons. The number of carbonyl (C=O) groups excluding carboxylic acids is 4. The molecule has 4 amide bonds. The minimum atomic E-state index is -1.48. The molecule has 12 nitrogen and oxygen atoms in total. The number of para-hydroxylation sites is 1. The van der Waals surface area contributed by atoms with Gasteiger partial charge in [-0.2, -0.15) is 0 Å². The Morgan fingerprint density at radius 1 is 1.20 bits per heavy atom. The van der Waals surface area contributed by atoms with Gasteiger partial charge in [0.15, 0.2) is 5.78 Å². The highest BCUT2D eigenvalue weighted by atomic mass is 16.5. The number of carboxylic acids is 1. The zero-order valence-electron chi connectivity index (χ0n) is 19.5.